The van der Waals surface area contributed by atoms with E-state index in [9.17, 15) is 33.9 Å². The molecule has 4 aromatic rings. The first-order valence-corrected chi connectivity index (χ1v) is 16.2. The Hall–Kier alpha value is -3.44. The molecule has 0 aliphatic carbocycles. The van der Waals surface area contributed by atoms with Crippen molar-refractivity contribution in [2.45, 2.75) is 49.3 Å². The van der Waals surface area contributed by atoms with Gasteiger partial charge in [-0.15, -0.1) is 0 Å². The Morgan fingerprint density at radius 3 is 2.42 bits per heavy atom. The van der Waals surface area contributed by atoms with Gasteiger partial charge in [0, 0.05) is 0 Å². The minimum Gasteiger partial charge on any atom is -0.387 e. The third-order valence-electron chi connectivity index (χ3n) is 7.21. The number of anilines is 2. The Morgan fingerprint density at radius 1 is 0.911 bits per heavy atom. The molecule has 25 heteroatoms. The van der Waals surface area contributed by atoms with Gasteiger partial charge in [0.15, 0.2) is 53.8 Å². The van der Waals surface area contributed by atoms with Crippen LogP contribution in [0.25, 0.3) is 22.3 Å². The third kappa shape index (κ3) is 5.31. The highest BCUT2D eigenvalue weighted by atomic mass is 31.2. The van der Waals surface area contributed by atoms with Gasteiger partial charge >= 0.3 is 15.4 Å². The largest absolute Gasteiger partial charge is 0.472 e. The van der Waals surface area contributed by atoms with Gasteiger partial charge in [0.05, 0.1) is 19.3 Å². The number of rotatable bonds is 2. The molecule has 4 aromatic heterocycles. The maximum Gasteiger partial charge on any atom is 0.472 e. The molecule has 9 N–H and O–H groups in total. The summed E-state index contributed by atoms with van der Waals surface area (Å²) >= 11 is 0. The zero-order valence-corrected chi connectivity index (χ0v) is 24.2. The number of H-pyrrole nitrogens is 1. The van der Waals surface area contributed by atoms with Gasteiger partial charge in [-0.05, 0) is 0 Å². The van der Waals surface area contributed by atoms with E-state index in [2.05, 4.69) is 29.9 Å². The molecule has 7 rings (SSSR count). The maximum absolute atomic E-state index is 13.3. The molecular formula is C20H24N10O13P2. The molecule has 2 unspecified atom stereocenters. The fraction of sp³-hybridized carbons (Fsp3) is 0.500. The second-order valence-corrected chi connectivity index (χ2v) is 13.3. The van der Waals surface area contributed by atoms with E-state index in [4.69, 9.17) is 39.2 Å². The Morgan fingerprint density at radius 2 is 1.64 bits per heavy atom. The maximum atomic E-state index is 13.3. The zero-order chi connectivity index (χ0) is 31.8. The van der Waals surface area contributed by atoms with Crippen LogP contribution in [-0.4, -0.2) is 109 Å². The number of aromatic amines is 1. The Bertz CT molecular complexity index is 1940. The number of aliphatic hydroxyl groups is 2. The Kier molecular flexibility index (Phi) is 7.27. The van der Waals surface area contributed by atoms with Crippen molar-refractivity contribution in [2.75, 3.05) is 24.4 Å². The summed E-state index contributed by atoms with van der Waals surface area (Å²) in [5.41, 5.74) is 10.8. The summed E-state index contributed by atoms with van der Waals surface area (Å²) in [7, 11) is -9.93. The third-order valence-corrected chi connectivity index (χ3v) is 9.25. The number of nitrogen functional groups attached to an aromatic ring is 2. The zero-order valence-electron chi connectivity index (χ0n) is 22.4. The summed E-state index contributed by atoms with van der Waals surface area (Å²) in [6.07, 6.45) is -10.7. The predicted molar refractivity (Wildman–Crippen MR) is 143 cm³/mol. The number of aromatic nitrogens is 8. The molecule has 3 saturated heterocycles. The van der Waals surface area contributed by atoms with Crippen LogP contribution < -0.4 is 17.0 Å². The van der Waals surface area contributed by atoms with E-state index in [1.165, 1.54) is 10.9 Å². The molecule has 3 aliphatic rings. The van der Waals surface area contributed by atoms with Crippen LogP contribution in [0.15, 0.2) is 23.8 Å². The van der Waals surface area contributed by atoms with Crippen molar-refractivity contribution in [1.29, 1.82) is 0 Å². The number of fused-ring (bicyclic) bond motifs is 5. The van der Waals surface area contributed by atoms with Gasteiger partial charge in [-0.1, -0.05) is 0 Å². The minimum atomic E-state index is -5.09. The van der Waals surface area contributed by atoms with Crippen molar-refractivity contribution in [2.24, 2.45) is 0 Å². The molecule has 10 atom stereocenters. The average molecular weight is 674 g/mol. The molecule has 0 aromatic carbocycles. The summed E-state index contributed by atoms with van der Waals surface area (Å²) in [5, 5.41) is 22.1. The SMILES string of the molecule is Nc1nc2c(ncn2[C@@H]2O[C@@H]3COP(=O)(O)O[C@@H]4[C@@H](OCP(=O)(O)O[C@@H]2[C@@H]3O)O[C@@H](n2cnc3c(N)ncnc32)[C@@H]4O)c(=O)[nH]1. The summed E-state index contributed by atoms with van der Waals surface area (Å²) in [6, 6.07) is 0. The van der Waals surface area contributed by atoms with Gasteiger partial charge in [-0.2, -0.15) is 4.98 Å². The van der Waals surface area contributed by atoms with E-state index in [0.717, 1.165) is 17.2 Å². The highest BCUT2D eigenvalue weighted by molar-refractivity contribution is 7.52. The van der Waals surface area contributed by atoms with Crippen molar-refractivity contribution in [3.05, 3.63) is 29.3 Å². The number of hydrogen-bond donors (Lipinski definition) is 7. The van der Waals surface area contributed by atoms with Crippen LogP contribution in [0.4, 0.5) is 11.8 Å². The molecule has 3 aliphatic heterocycles. The molecule has 242 valence electrons. The van der Waals surface area contributed by atoms with Crippen molar-refractivity contribution in [1.82, 2.24) is 39.0 Å². The number of phosphoric ester groups is 1. The number of nitrogens with one attached hydrogen (secondary N) is 1. The molecule has 0 radical (unpaired) electrons. The van der Waals surface area contributed by atoms with E-state index in [-0.39, 0.29) is 34.1 Å². The van der Waals surface area contributed by atoms with Crippen LogP contribution >= 0.6 is 15.4 Å². The summed E-state index contributed by atoms with van der Waals surface area (Å²) < 4.78 is 61.4. The molecular weight excluding hydrogens is 650 g/mol. The smallest absolute Gasteiger partial charge is 0.387 e. The van der Waals surface area contributed by atoms with Crippen molar-refractivity contribution in [3.63, 3.8) is 0 Å². The van der Waals surface area contributed by atoms with Gasteiger partial charge in [-0.3, -0.25) is 37.0 Å². The average Bonchev–Trinajstić information content (AvgIpc) is 3.72. The van der Waals surface area contributed by atoms with E-state index in [1.54, 1.807) is 0 Å². The molecule has 45 heavy (non-hydrogen) atoms. The highest BCUT2D eigenvalue weighted by Gasteiger charge is 2.54. The van der Waals surface area contributed by atoms with Crippen LogP contribution in [0.2, 0.25) is 0 Å². The first-order chi connectivity index (χ1) is 21.3. The van der Waals surface area contributed by atoms with Crippen LogP contribution in [-0.2, 0) is 36.9 Å². The van der Waals surface area contributed by atoms with Crippen molar-refractivity contribution in [3.8, 4) is 0 Å². The monoisotopic (exact) mass is 674 g/mol. The Labute approximate surface area is 248 Å². The second-order valence-electron chi connectivity index (χ2n) is 10.1. The predicted octanol–water partition coefficient (Wildman–Crippen LogP) is -2.34. The van der Waals surface area contributed by atoms with Gasteiger partial charge in [0.2, 0.25) is 5.95 Å². The van der Waals surface area contributed by atoms with Gasteiger partial charge in [0.25, 0.3) is 5.56 Å². The van der Waals surface area contributed by atoms with Gasteiger partial charge in [0.1, 0.15) is 36.3 Å². The van der Waals surface area contributed by atoms with E-state index < -0.39 is 83.2 Å². The fourth-order valence-electron chi connectivity index (χ4n) is 5.21. The number of ether oxygens (including phenoxy) is 3. The quantitative estimate of drug-likeness (QED) is 0.109. The van der Waals surface area contributed by atoms with Crippen LogP contribution in [0.5, 0.6) is 0 Å². The normalized spacial score (nSPS) is 37.7. The molecule has 0 amide bonds. The first kappa shape index (κ1) is 30.2. The lowest BCUT2D eigenvalue weighted by molar-refractivity contribution is -0.167. The summed E-state index contributed by atoms with van der Waals surface area (Å²) in [6.45, 7) is -0.815. The number of phosphoric acid groups is 1. The number of nitrogens with two attached hydrogens (primary N) is 2. The van der Waals surface area contributed by atoms with E-state index >= 15 is 0 Å². The lowest BCUT2D eigenvalue weighted by Gasteiger charge is -2.26. The molecule has 0 spiro atoms. The summed E-state index contributed by atoms with van der Waals surface area (Å²) in [4.78, 5) is 55.9. The van der Waals surface area contributed by atoms with Crippen LogP contribution in [0.3, 0.4) is 0 Å². The second kappa shape index (κ2) is 10.8. The van der Waals surface area contributed by atoms with Crippen LogP contribution in [0, 0.1) is 0 Å². The molecule has 3 fully saturated rings. The summed E-state index contributed by atoms with van der Waals surface area (Å²) in [5.74, 6) is -0.252. The molecule has 23 nitrogen and oxygen atoms in total. The standard InChI is InChI=1S/C20H24N10O13P2/c21-13-7-14(24-2-23-13)29(3-25-7)17-10(32)12-19(41-17)38-5-44(34,35)42-11-9(31)6(1-39-45(36,37)43-12)40-18(11)30-4-26-8-15(30)27-20(22)28-16(8)33/h2-4,6,9-12,17-19,31-32H,1,5H2,(H,34,35)(H,36,37)(H2,21,23,24)(H3,22,27,28,33)/t6-,9-,10-,11-,12+,17-,18-,19+/m1/s1. The number of imidazole rings is 2. The minimum absolute atomic E-state index is 0.0278. The van der Waals surface area contributed by atoms with E-state index in [1.807, 2.05) is 0 Å². The van der Waals surface area contributed by atoms with Crippen molar-refractivity contribution >= 4 is 49.5 Å². The van der Waals surface area contributed by atoms with E-state index in [0.29, 0.717) is 0 Å². The van der Waals surface area contributed by atoms with Gasteiger partial charge < -0.3 is 45.7 Å². The number of hydrogen-bond acceptors (Lipinski definition) is 18. The fourth-order valence-corrected chi connectivity index (χ4v) is 7.15. The van der Waals surface area contributed by atoms with Gasteiger partial charge in [-0.25, -0.2) is 24.5 Å². The van der Waals surface area contributed by atoms with Crippen LogP contribution in [0.1, 0.15) is 12.5 Å². The van der Waals surface area contributed by atoms with Crippen molar-refractivity contribution < 1.29 is 56.9 Å². The molecule has 7 heterocycles. The number of nitrogens with zero attached hydrogens (tertiary/aromatic N) is 7. The Balaban J connectivity index is 1.21. The highest BCUT2D eigenvalue weighted by Crippen LogP contribution is 2.53. The number of aliphatic hydroxyl groups excluding tert-OH is 2. The topological polar surface area (TPSA) is 330 Å². The lowest BCUT2D eigenvalue weighted by Crippen LogP contribution is -2.35. The molecule has 2 bridgehead atoms. The molecule has 0 saturated carbocycles. The lowest BCUT2D eigenvalue weighted by atomic mass is 10.1. The first-order valence-electron chi connectivity index (χ1n) is 12.9.